The van der Waals surface area contributed by atoms with E-state index in [1.165, 1.54) is 22.9 Å². The molecule has 0 aliphatic heterocycles. The zero-order valence-corrected chi connectivity index (χ0v) is 10.9. The normalized spacial score (nSPS) is 12.1. The Morgan fingerprint density at radius 3 is 2.65 bits per heavy atom. The summed E-state index contributed by atoms with van der Waals surface area (Å²) in [6.07, 6.45) is 1.24. The largest absolute Gasteiger partial charge is 0.489 e. The van der Waals surface area contributed by atoms with Crippen molar-refractivity contribution in [1.29, 1.82) is 0 Å². The fraction of sp³-hybridized carbons (Fsp3) is 0.500. The summed E-state index contributed by atoms with van der Waals surface area (Å²) in [7, 11) is 4.56. The molecule has 1 aromatic heterocycles. The molecule has 0 aromatic carbocycles. The Bertz CT molecular complexity index is 484. The zero-order valence-electron chi connectivity index (χ0n) is 10.1. The van der Waals surface area contributed by atoms with Crippen LogP contribution in [0.3, 0.4) is 0 Å². The molecule has 7 heteroatoms. The molecule has 0 saturated carbocycles. The van der Waals surface area contributed by atoms with Crippen molar-refractivity contribution in [3.05, 3.63) is 21.8 Å². The fourth-order valence-corrected chi connectivity index (χ4v) is 1.57. The minimum atomic E-state index is -0.656. The summed E-state index contributed by atoms with van der Waals surface area (Å²) >= 11 is 5.70. The fourth-order valence-electron chi connectivity index (χ4n) is 1.37. The van der Waals surface area contributed by atoms with E-state index in [0.29, 0.717) is 0 Å². The third-order valence-electron chi connectivity index (χ3n) is 2.33. The molecule has 1 amide bonds. The van der Waals surface area contributed by atoms with Gasteiger partial charge in [0.25, 0.3) is 5.56 Å². The lowest BCUT2D eigenvalue weighted by atomic mass is 10.3. The smallest absolute Gasteiger partial charge is 0.298 e. The zero-order chi connectivity index (χ0) is 13.2. The van der Waals surface area contributed by atoms with Crippen LogP contribution in [0, 0.1) is 0 Å². The standard InChI is InChI=1S/C10H14ClN3O3/c1-6(9(15)13(2)3)14-5-12-8(11)7(17-4)10(14)16/h5-6H,1-4H3. The average Bonchev–Trinajstić information content (AvgIpc) is 2.28. The van der Waals surface area contributed by atoms with Crippen LogP contribution >= 0.6 is 11.6 Å². The van der Waals surface area contributed by atoms with Crippen LogP contribution in [0.5, 0.6) is 5.75 Å². The van der Waals surface area contributed by atoms with E-state index in [1.807, 2.05) is 0 Å². The van der Waals surface area contributed by atoms with E-state index >= 15 is 0 Å². The first kappa shape index (κ1) is 13.5. The Morgan fingerprint density at radius 2 is 2.18 bits per heavy atom. The van der Waals surface area contributed by atoms with Crippen molar-refractivity contribution < 1.29 is 9.53 Å². The first-order valence-corrected chi connectivity index (χ1v) is 5.29. The number of carbonyl (C=O) groups is 1. The van der Waals surface area contributed by atoms with Crippen molar-refractivity contribution in [1.82, 2.24) is 14.5 Å². The first-order valence-electron chi connectivity index (χ1n) is 4.92. The highest BCUT2D eigenvalue weighted by Crippen LogP contribution is 2.16. The Labute approximate surface area is 104 Å². The number of methoxy groups -OCH3 is 1. The van der Waals surface area contributed by atoms with Gasteiger partial charge in [0.2, 0.25) is 11.7 Å². The number of carbonyl (C=O) groups excluding carboxylic acids is 1. The molecule has 1 atom stereocenters. The molecule has 94 valence electrons. The third kappa shape index (κ3) is 2.58. The molecule has 0 N–H and O–H groups in total. The van der Waals surface area contributed by atoms with Gasteiger partial charge in [0.1, 0.15) is 12.4 Å². The molecule has 0 bridgehead atoms. The van der Waals surface area contributed by atoms with Crippen LogP contribution in [0.1, 0.15) is 13.0 Å². The van der Waals surface area contributed by atoms with Crippen molar-refractivity contribution in [2.45, 2.75) is 13.0 Å². The molecule has 1 aromatic rings. The van der Waals surface area contributed by atoms with Gasteiger partial charge in [-0.15, -0.1) is 0 Å². The third-order valence-corrected chi connectivity index (χ3v) is 2.60. The van der Waals surface area contributed by atoms with Gasteiger partial charge in [-0.25, -0.2) is 4.98 Å². The molecule has 17 heavy (non-hydrogen) atoms. The van der Waals surface area contributed by atoms with Crippen LogP contribution in [0.25, 0.3) is 0 Å². The number of nitrogens with zero attached hydrogens (tertiary/aromatic N) is 3. The maximum absolute atomic E-state index is 11.9. The first-order chi connectivity index (χ1) is 7.90. The van der Waals surface area contributed by atoms with Crippen LogP contribution < -0.4 is 10.3 Å². The number of ether oxygens (including phenoxy) is 1. The van der Waals surface area contributed by atoms with Gasteiger partial charge in [0.05, 0.1) is 7.11 Å². The number of amides is 1. The monoisotopic (exact) mass is 259 g/mol. The number of rotatable bonds is 3. The average molecular weight is 260 g/mol. The van der Waals surface area contributed by atoms with Gasteiger partial charge in [-0.05, 0) is 6.92 Å². The second-order valence-corrected chi connectivity index (χ2v) is 4.05. The second-order valence-electron chi connectivity index (χ2n) is 3.69. The van der Waals surface area contributed by atoms with Crippen LogP contribution in [0.15, 0.2) is 11.1 Å². The van der Waals surface area contributed by atoms with Crippen LogP contribution in [0.2, 0.25) is 5.15 Å². The van der Waals surface area contributed by atoms with E-state index in [9.17, 15) is 9.59 Å². The van der Waals surface area contributed by atoms with Crippen molar-refractivity contribution in [2.75, 3.05) is 21.2 Å². The number of hydrogen-bond donors (Lipinski definition) is 0. The lowest BCUT2D eigenvalue weighted by Gasteiger charge is -2.19. The van der Waals surface area contributed by atoms with Crippen LogP contribution in [0.4, 0.5) is 0 Å². The van der Waals surface area contributed by atoms with Gasteiger partial charge in [-0.2, -0.15) is 0 Å². The quantitative estimate of drug-likeness (QED) is 0.744. The Kier molecular flexibility index (Phi) is 4.11. The van der Waals surface area contributed by atoms with Gasteiger partial charge in [0, 0.05) is 14.1 Å². The minimum Gasteiger partial charge on any atom is -0.489 e. The molecule has 1 unspecified atom stereocenters. The van der Waals surface area contributed by atoms with Crippen molar-refractivity contribution in [2.24, 2.45) is 0 Å². The van der Waals surface area contributed by atoms with Crippen molar-refractivity contribution >= 4 is 17.5 Å². The number of aromatic nitrogens is 2. The molecular formula is C10H14ClN3O3. The van der Waals surface area contributed by atoms with Gasteiger partial charge in [0.15, 0.2) is 5.15 Å². The summed E-state index contributed by atoms with van der Waals surface area (Å²) in [5.74, 6) is -0.272. The van der Waals surface area contributed by atoms with E-state index in [-0.39, 0.29) is 16.8 Å². The summed E-state index contributed by atoms with van der Waals surface area (Å²) in [5.41, 5.74) is -0.477. The molecule has 0 spiro atoms. The molecule has 6 nitrogen and oxygen atoms in total. The molecule has 0 fully saturated rings. The number of likely N-dealkylation sites (N-methyl/N-ethyl adjacent to an activating group) is 1. The van der Waals surface area contributed by atoms with E-state index in [1.54, 1.807) is 21.0 Å². The highest BCUT2D eigenvalue weighted by Gasteiger charge is 2.21. The minimum absolute atomic E-state index is 0.0155. The molecular weight excluding hydrogens is 246 g/mol. The van der Waals surface area contributed by atoms with Gasteiger partial charge < -0.3 is 9.64 Å². The van der Waals surface area contributed by atoms with Crippen LogP contribution in [-0.2, 0) is 4.79 Å². The lowest BCUT2D eigenvalue weighted by molar-refractivity contribution is -0.131. The molecule has 1 heterocycles. The molecule has 1 rings (SSSR count). The van der Waals surface area contributed by atoms with E-state index in [0.717, 1.165) is 0 Å². The number of hydrogen-bond acceptors (Lipinski definition) is 4. The highest BCUT2D eigenvalue weighted by atomic mass is 35.5. The van der Waals surface area contributed by atoms with Gasteiger partial charge in [-0.3, -0.25) is 14.2 Å². The molecule has 0 aliphatic rings. The van der Waals surface area contributed by atoms with Gasteiger partial charge in [-0.1, -0.05) is 11.6 Å². The lowest BCUT2D eigenvalue weighted by Crippen LogP contribution is -2.35. The summed E-state index contributed by atoms with van der Waals surface area (Å²) < 4.78 is 6.04. The number of halogens is 1. The summed E-state index contributed by atoms with van der Waals surface area (Å²) in [6, 6.07) is -0.656. The highest BCUT2D eigenvalue weighted by molar-refractivity contribution is 6.30. The van der Waals surface area contributed by atoms with E-state index < -0.39 is 11.6 Å². The van der Waals surface area contributed by atoms with E-state index in [2.05, 4.69) is 4.98 Å². The summed E-state index contributed by atoms with van der Waals surface area (Å²) in [5, 5.41) is -0.0155. The molecule has 0 saturated heterocycles. The molecule has 0 radical (unpaired) electrons. The van der Waals surface area contributed by atoms with Crippen LogP contribution in [-0.4, -0.2) is 41.6 Å². The van der Waals surface area contributed by atoms with Gasteiger partial charge >= 0.3 is 0 Å². The summed E-state index contributed by atoms with van der Waals surface area (Å²) in [6.45, 7) is 1.61. The van der Waals surface area contributed by atoms with Crippen molar-refractivity contribution in [3.63, 3.8) is 0 Å². The Morgan fingerprint density at radius 1 is 1.59 bits per heavy atom. The topological polar surface area (TPSA) is 64.4 Å². The SMILES string of the molecule is COc1c(Cl)ncn(C(C)C(=O)N(C)C)c1=O. The molecule has 0 aliphatic carbocycles. The predicted octanol–water partition coefficient (Wildman–Crippen LogP) is 0.554. The maximum Gasteiger partial charge on any atom is 0.298 e. The van der Waals surface area contributed by atoms with Crippen molar-refractivity contribution in [3.8, 4) is 5.75 Å². The maximum atomic E-state index is 11.9. The Hall–Kier alpha value is -1.56. The Balaban J connectivity index is 3.25. The van der Waals surface area contributed by atoms with E-state index in [4.69, 9.17) is 16.3 Å². The summed E-state index contributed by atoms with van der Waals surface area (Å²) in [4.78, 5) is 28.9. The second kappa shape index (κ2) is 5.18. The predicted molar refractivity (Wildman–Crippen MR) is 63.5 cm³/mol.